The molecule has 1 aromatic rings. The Hall–Kier alpha value is -1.73. The molecule has 0 atom stereocenters. The average Bonchev–Trinajstić information content (AvgIpc) is 2.55. The van der Waals surface area contributed by atoms with Gasteiger partial charge >= 0.3 is 0 Å². The Kier molecular flexibility index (Phi) is 4.39. The smallest absolute Gasteiger partial charge is 0.294 e. The van der Waals surface area contributed by atoms with E-state index in [-0.39, 0.29) is 32.8 Å². The lowest BCUT2D eigenvalue weighted by molar-refractivity contribution is -0.383. The molecule has 0 aliphatic heterocycles. The number of rotatable bonds is 3. The van der Waals surface area contributed by atoms with Gasteiger partial charge in [0.25, 0.3) is 5.69 Å². The number of hydrogen-bond donors (Lipinski definition) is 2. The van der Waals surface area contributed by atoms with Gasteiger partial charge in [0.2, 0.25) is 5.91 Å². The summed E-state index contributed by atoms with van der Waals surface area (Å²) in [6, 6.07) is 4.29. The van der Waals surface area contributed by atoms with Crippen LogP contribution >= 0.6 is 23.8 Å². The molecule has 4 saturated carbocycles. The maximum atomic E-state index is 13.0. The number of nitro benzene ring substituents is 1. The summed E-state index contributed by atoms with van der Waals surface area (Å²) in [6.45, 7) is 0. The predicted octanol–water partition coefficient (Wildman–Crippen LogP) is 4.28. The third-order valence-corrected chi connectivity index (χ3v) is 6.59. The Morgan fingerprint density at radius 1 is 1.19 bits per heavy atom. The fourth-order valence-corrected chi connectivity index (χ4v) is 5.91. The van der Waals surface area contributed by atoms with E-state index in [1.807, 2.05) is 0 Å². The van der Waals surface area contributed by atoms with Crippen LogP contribution in [0.4, 0.5) is 11.4 Å². The van der Waals surface area contributed by atoms with Gasteiger partial charge in [0.1, 0.15) is 5.69 Å². The van der Waals surface area contributed by atoms with Gasteiger partial charge in [-0.05, 0) is 80.6 Å². The average molecular weight is 394 g/mol. The van der Waals surface area contributed by atoms with Gasteiger partial charge in [-0.1, -0.05) is 11.6 Å². The quantitative estimate of drug-likeness (QED) is 0.455. The van der Waals surface area contributed by atoms with Crippen molar-refractivity contribution in [2.45, 2.75) is 38.5 Å². The number of carbonyl (C=O) groups is 1. The predicted molar refractivity (Wildman–Crippen MR) is 103 cm³/mol. The second kappa shape index (κ2) is 6.46. The molecule has 1 aromatic carbocycles. The first-order valence-corrected chi connectivity index (χ1v) is 9.70. The number of benzene rings is 1. The molecule has 0 heterocycles. The van der Waals surface area contributed by atoms with Crippen molar-refractivity contribution in [2.75, 3.05) is 5.32 Å². The van der Waals surface area contributed by atoms with Gasteiger partial charge in [-0.2, -0.15) is 0 Å². The molecule has 8 heteroatoms. The fourth-order valence-electron chi connectivity index (χ4n) is 5.54. The summed E-state index contributed by atoms with van der Waals surface area (Å²) in [5, 5.41) is 17.1. The molecule has 6 nitrogen and oxygen atoms in total. The van der Waals surface area contributed by atoms with Crippen LogP contribution in [0.2, 0.25) is 5.02 Å². The Labute approximate surface area is 161 Å². The summed E-state index contributed by atoms with van der Waals surface area (Å²) < 4.78 is 0. The molecule has 0 unspecified atom stereocenters. The summed E-state index contributed by atoms with van der Waals surface area (Å²) >= 11 is 11.1. The topological polar surface area (TPSA) is 84.3 Å². The monoisotopic (exact) mass is 393 g/mol. The lowest BCUT2D eigenvalue weighted by Crippen LogP contribution is -2.55. The van der Waals surface area contributed by atoms with Crippen LogP contribution < -0.4 is 10.6 Å². The minimum absolute atomic E-state index is 0.0364. The van der Waals surface area contributed by atoms with Crippen LogP contribution in [-0.4, -0.2) is 15.9 Å². The third kappa shape index (κ3) is 3.18. The zero-order chi connectivity index (χ0) is 18.5. The maximum Gasteiger partial charge on any atom is 0.294 e. The van der Waals surface area contributed by atoms with Gasteiger partial charge in [-0.25, -0.2) is 0 Å². The van der Waals surface area contributed by atoms with E-state index in [2.05, 4.69) is 10.6 Å². The Morgan fingerprint density at radius 2 is 1.77 bits per heavy atom. The molecule has 4 aliphatic rings. The van der Waals surface area contributed by atoms with Gasteiger partial charge < -0.3 is 10.6 Å². The lowest BCUT2D eigenvalue weighted by Gasteiger charge is -2.55. The number of carbonyl (C=O) groups excluding carboxylic acids is 1. The molecule has 0 radical (unpaired) electrons. The first-order valence-electron chi connectivity index (χ1n) is 8.91. The van der Waals surface area contributed by atoms with E-state index in [9.17, 15) is 14.9 Å². The molecule has 0 spiro atoms. The zero-order valence-electron chi connectivity index (χ0n) is 14.2. The van der Waals surface area contributed by atoms with Crippen molar-refractivity contribution in [1.29, 1.82) is 0 Å². The minimum Gasteiger partial charge on any atom is -0.327 e. The number of nitro groups is 1. The van der Waals surface area contributed by atoms with E-state index in [1.165, 1.54) is 31.4 Å². The summed E-state index contributed by atoms with van der Waals surface area (Å²) in [5.41, 5.74) is -0.272. The molecule has 4 fully saturated rings. The molecule has 138 valence electrons. The fraction of sp³-hybridized carbons (Fsp3) is 0.556. The van der Waals surface area contributed by atoms with Crippen molar-refractivity contribution < 1.29 is 9.72 Å². The molecular weight excluding hydrogens is 374 g/mol. The summed E-state index contributed by atoms with van der Waals surface area (Å²) in [7, 11) is 0. The SMILES string of the molecule is O=C(NC(=S)Nc1ccc(Cl)cc1[N+](=O)[O-])C12CC3CC(CC(C3)C1)C2. The van der Waals surface area contributed by atoms with Gasteiger partial charge in [-0.15, -0.1) is 0 Å². The van der Waals surface area contributed by atoms with Crippen molar-refractivity contribution in [2.24, 2.45) is 23.2 Å². The van der Waals surface area contributed by atoms with Gasteiger partial charge in [0.05, 0.1) is 10.3 Å². The number of amides is 1. The Morgan fingerprint density at radius 3 is 2.31 bits per heavy atom. The molecular formula is C18H20ClN3O3S. The van der Waals surface area contributed by atoms with E-state index >= 15 is 0 Å². The third-order valence-electron chi connectivity index (χ3n) is 6.15. The van der Waals surface area contributed by atoms with Crippen molar-refractivity contribution in [3.63, 3.8) is 0 Å². The van der Waals surface area contributed by atoms with E-state index in [1.54, 1.807) is 6.07 Å². The second-order valence-electron chi connectivity index (χ2n) is 8.02. The van der Waals surface area contributed by atoms with Crippen LogP contribution in [0.1, 0.15) is 38.5 Å². The zero-order valence-corrected chi connectivity index (χ0v) is 15.7. The number of nitrogens with one attached hydrogen (secondary N) is 2. The van der Waals surface area contributed by atoms with Crippen LogP contribution in [0.3, 0.4) is 0 Å². The van der Waals surface area contributed by atoms with E-state index in [0.717, 1.165) is 19.3 Å². The largest absolute Gasteiger partial charge is 0.327 e. The highest BCUT2D eigenvalue weighted by Gasteiger charge is 2.54. The van der Waals surface area contributed by atoms with Crippen LogP contribution in [0.15, 0.2) is 18.2 Å². The van der Waals surface area contributed by atoms with Crippen LogP contribution in [-0.2, 0) is 4.79 Å². The van der Waals surface area contributed by atoms with Gasteiger partial charge in [-0.3, -0.25) is 14.9 Å². The van der Waals surface area contributed by atoms with Crippen molar-refractivity contribution in [3.05, 3.63) is 33.3 Å². The highest BCUT2D eigenvalue weighted by atomic mass is 35.5. The highest BCUT2D eigenvalue weighted by molar-refractivity contribution is 7.80. The standard InChI is InChI=1S/C18H20ClN3O3S/c19-13-1-2-14(15(6-13)22(24)25)20-17(26)21-16(23)18-7-10-3-11(8-18)5-12(4-10)9-18/h1-2,6,10-12H,3-5,7-9H2,(H2,20,21,23,26). The Bertz CT molecular complexity index is 763. The second-order valence-corrected chi connectivity index (χ2v) is 8.87. The molecule has 26 heavy (non-hydrogen) atoms. The molecule has 0 aromatic heterocycles. The van der Waals surface area contributed by atoms with Crippen molar-refractivity contribution >= 4 is 46.2 Å². The van der Waals surface area contributed by atoms with Crippen LogP contribution in [0.5, 0.6) is 0 Å². The summed E-state index contributed by atoms with van der Waals surface area (Å²) in [6.07, 6.45) is 6.59. The highest BCUT2D eigenvalue weighted by Crippen LogP contribution is 2.60. The number of hydrogen-bond acceptors (Lipinski definition) is 4. The van der Waals surface area contributed by atoms with Crippen LogP contribution in [0, 0.1) is 33.3 Å². The lowest BCUT2D eigenvalue weighted by atomic mass is 9.49. The molecule has 1 amide bonds. The number of anilines is 1. The normalized spacial score (nSPS) is 31.5. The number of thiocarbonyl (C=S) groups is 1. The first kappa shape index (κ1) is 17.7. The van der Waals surface area contributed by atoms with Crippen molar-refractivity contribution in [3.8, 4) is 0 Å². The molecule has 4 bridgehead atoms. The molecule has 5 rings (SSSR count). The first-order chi connectivity index (χ1) is 12.3. The molecule has 2 N–H and O–H groups in total. The minimum atomic E-state index is -0.530. The summed E-state index contributed by atoms with van der Waals surface area (Å²) in [4.78, 5) is 23.6. The molecule has 4 aliphatic carbocycles. The van der Waals surface area contributed by atoms with E-state index in [0.29, 0.717) is 17.8 Å². The van der Waals surface area contributed by atoms with Gasteiger partial charge in [0, 0.05) is 11.1 Å². The number of nitrogens with zero attached hydrogens (tertiary/aromatic N) is 1. The van der Waals surface area contributed by atoms with Crippen LogP contribution in [0.25, 0.3) is 0 Å². The van der Waals surface area contributed by atoms with E-state index < -0.39 is 4.92 Å². The van der Waals surface area contributed by atoms with E-state index in [4.69, 9.17) is 23.8 Å². The van der Waals surface area contributed by atoms with Gasteiger partial charge in [0.15, 0.2) is 5.11 Å². The van der Waals surface area contributed by atoms with Crippen molar-refractivity contribution in [1.82, 2.24) is 5.32 Å². The molecule has 0 saturated heterocycles. The summed E-state index contributed by atoms with van der Waals surface area (Å²) in [5.74, 6) is 1.94. The maximum absolute atomic E-state index is 13.0. The Balaban J connectivity index is 1.46. The number of halogens is 1.